The van der Waals surface area contributed by atoms with E-state index < -0.39 is 0 Å². The fourth-order valence-corrected chi connectivity index (χ4v) is 3.55. The first kappa shape index (κ1) is 14.4. The van der Waals surface area contributed by atoms with Crippen molar-refractivity contribution in [2.45, 2.75) is 51.0 Å². The second kappa shape index (κ2) is 6.08. The summed E-state index contributed by atoms with van der Waals surface area (Å²) in [5.41, 5.74) is 7.93. The molecule has 0 radical (unpaired) electrons. The largest absolute Gasteiger partial charge is 0.370 e. The van der Waals surface area contributed by atoms with Crippen LogP contribution in [0.15, 0.2) is 35.3 Å². The van der Waals surface area contributed by atoms with Crippen molar-refractivity contribution in [1.82, 2.24) is 4.90 Å². The Morgan fingerprint density at radius 2 is 1.90 bits per heavy atom. The van der Waals surface area contributed by atoms with Crippen LogP contribution in [-0.2, 0) is 6.42 Å². The van der Waals surface area contributed by atoms with Crippen LogP contribution < -0.4 is 5.73 Å². The SMILES string of the molecule is CN(C(N)=NCC1(Cc2ccccc2)CCCC1)C1CC1. The van der Waals surface area contributed by atoms with Crippen LogP contribution in [0.4, 0.5) is 0 Å². The van der Waals surface area contributed by atoms with Gasteiger partial charge in [0.2, 0.25) is 0 Å². The van der Waals surface area contributed by atoms with E-state index in [4.69, 9.17) is 10.7 Å². The van der Waals surface area contributed by atoms with Crippen LogP contribution in [0.1, 0.15) is 44.1 Å². The zero-order chi connectivity index (χ0) is 14.7. The summed E-state index contributed by atoms with van der Waals surface area (Å²) in [7, 11) is 2.08. The fraction of sp³-hybridized carbons (Fsp3) is 0.611. The van der Waals surface area contributed by atoms with E-state index in [0.717, 1.165) is 18.9 Å². The normalized spacial score (nSPS) is 21.5. The van der Waals surface area contributed by atoms with E-state index >= 15 is 0 Å². The molecule has 114 valence electrons. The van der Waals surface area contributed by atoms with Gasteiger partial charge in [0.25, 0.3) is 0 Å². The first-order chi connectivity index (χ1) is 10.2. The molecule has 3 rings (SSSR count). The Hall–Kier alpha value is -1.51. The van der Waals surface area contributed by atoms with E-state index in [0.29, 0.717) is 11.5 Å². The van der Waals surface area contributed by atoms with Crippen LogP contribution >= 0.6 is 0 Å². The molecule has 0 bridgehead atoms. The van der Waals surface area contributed by atoms with Gasteiger partial charge in [-0.25, -0.2) is 0 Å². The van der Waals surface area contributed by atoms with Gasteiger partial charge in [-0.1, -0.05) is 43.2 Å². The molecule has 1 aromatic carbocycles. The average molecular weight is 285 g/mol. The van der Waals surface area contributed by atoms with Crippen molar-refractivity contribution < 1.29 is 0 Å². The van der Waals surface area contributed by atoms with Gasteiger partial charge >= 0.3 is 0 Å². The minimum Gasteiger partial charge on any atom is -0.370 e. The topological polar surface area (TPSA) is 41.6 Å². The minimum atomic E-state index is 0.330. The highest BCUT2D eigenvalue weighted by Crippen LogP contribution is 2.41. The average Bonchev–Trinajstić information content (AvgIpc) is 3.26. The highest BCUT2D eigenvalue weighted by Gasteiger charge is 2.34. The number of nitrogens with two attached hydrogens (primary N) is 1. The van der Waals surface area contributed by atoms with Crippen LogP contribution in [0, 0.1) is 5.41 Å². The maximum absolute atomic E-state index is 6.16. The molecule has 0 aromatic heterocycles. The summed E-state index contributed by atoms with van der Waals surface area (Å²) in [5, 5.41) is 0. The summed E-state index contributed by atoms with van der Waals surface area (Å²) in [4.78, 5) is 6.91. The van der Waals surface area contributed by atoms with Crippen LogP contribution in [-0.4, -0.2) is 30.5 Å². The third kappa shape index (κ3) is 3.58. The third-order valence-electron chi connectivity index (χ3n) is 5.12. The molecule has 0 aliphatic heterocycles. The first-order valence-corrected chi connectivity index (χ1v) is 8.25. The summed E-state index contributed by atoms with van der Waals surface area (Å²) in [6, 6.07) is 11.5. The molecule has 2 N–H and O–H groups in total. The van der Waals surface area contributed by atoms with E-state index in [2.05, 4.69) is 42.3 Å². The van der Waals surface area contributed by atoms with Crippen molar-refractivity contribution in [1.29, 1.82) is 0 Å². The van der Waals surface area contributed by atoms with Gasteiger partial charge in [0, 0.05) is 19.6 Å². The van der Waals surface area contributed by atoms with Gasteiger partial charge in [-0.3, -0.25) is 4.99 Å². The molecule has 0 amide bonds. The summed E-state index contributed by atoms with van der Waals surface area (Å²) in [5.74, 6) is 0.733. The molecule has 2 saturated carbocycles. The minimum absolute atomic E-state index is 0.330. The van der Waals surface area contributed by atoms with Crippen LogP contribution in [0.3, 0.4) is 0 Å². The molecule has 3 heteroatoms. The van der Waals surface area contributed by atoms with Crippen molar-refractivity contribution in [3.05, 3.63) is 35.9 Å². The zero-order valence-corrected chi connectivity index (χ0v) is 13.1. The smallest absolute Gasteiger partial charge is 0.191 e. The lowest BCUT2D eigenvalue weighted by Crippen LogP contribution is -2.37. The quantitative estimate of drug-likeness (QED) is 0.667. The fourth-order valence-electron chi connectivity index (χ4n) is 3.55. The predicted octanol–water partition coefficient (Wildman–Crippen LogP) is 3.20. The maximum atomic E-state index is 6.16. The number of benzene rings is 1. The van der Waals surface area contributed by atoms with Gasteiger partial charge < -0.3 is 10.6 Å². The summed E-state index contributed by atoms with van der Waals surface area (Å²) < 4.78 is 0. The second-order valence-electron chi connectivity index (χ2n) is 6.89. The lowest BCUT2D eigenvalue weighted by molar-refractivity contribution is 0.305. The van der Waals surface area contributed by atoms with Gasteiger partial charge in [0.05, 0.1) is 0 Å². The molecular weight excluding hydrogens is 258 g/mol. The maximum Gasteiger partial charge on any atom is 0.191 e. The van der Waals surface area contributed by atoms with Crippen molar-refractivity contribution in [3.8, 4) is 0 Å². The predicted molar refractivity (Wildman–Crippen MR) is 88.3 cm³/mol. The number of guanidine groups is 1. The molecule has 0 saturated heterocycles. The number of rotatable bonds is 5. The van der Waals surface area contributed by atoms with Gasteiger partial charge in [-0.2, -0.15) is 0 Å². The number of nitrogens with zero attached hydrogens (tertiary/aromatic N) is 2. The van der Waals surface area contributed by atoms with Gasteiger partial charge in [0.15, 0.2) is 5.96 Å². The van der Waals surface area contributed by atoms with E-state index in [-0.39, 0.29) is 0 Å². The van der Waals surface area contributed by atoms with Crippen LogP contribution in [0.5, 0.6) is 0 Å². The number of hydrogen-bond donors (Lipinski definition) is 1. The Balaban J connectivity index is 1.67. The van der Waals surface area contributed by atoms with Crippen molar-refractivity contribution in [3.63, 3.8) is 0 Å². The molecular formula is C18H27N3. The van der Waals surface area contributed by atoms with Gasteiger partial charge in [0.1, 0.15) is 0 Å². The van der Waals surface area contributed by atoms with E-state index in [1.165, 1.54) is 44.1 Å². The summed E-state index contributed by atoms with van der Waals surface area (Å²) >= 11 is 0. The van der Waals surface area contributed by atoms with Crippen LogP contribution in [0.2, 0.25) is 0 Å². The Bertz CT molecular complexity index is 484. The van der Waals surface area contributed by atoms with Crippen molar-refractivity contribution in [2.75, 3.05) is 13.6 Å². The molecule has 0 atom stereocenters. The number of hydrogen-bond acceptors (Lipinski definition) is 1. The van der Waals surface area contributed by atoms with Crippen LogP contribution in [0.25, 0.3) is 0 Å². The van der Waals surface area contributed by atoms with E-state index in [1.807, 2.05) is 0 Å². The standard InChI is InChI=1S/C18H27N3/c1-21(16-9-10-16)17(19)20-14-18(11-5-6-12-18)13-15-7-3-2-4-8-15/h2-4,7-8,16H,5-6,9-14H2,1H3,(H2,19,20). The molecule has 1 aromatic rings. The second-order valence-corrected chi connectivity index (χ2v) is 6.89. The molecule has 2 aliphatic carbocycles. The van der Waals surface area contributed by atoms with Crippen molar-refractivity contribution in [2.24, 2.45) is 16.1 Å². The molecule has 21 heavy (non-hydrogen) atoms. The molecule has 0 unspecified atom stereocenters. The lowest BCUT2D eigenvalue weighted by atomic mass is 9.80. The molecule has 3 nitrogen and oxygen atoms in total. The van der Waals surface area contributed by atoms with Gasteiger partial charge in [-0.05, 0) is 43.1 Å². The highest BCUT2D eigenvalue weighted by molar-refractivity contribution is 5.78. The highest BCUT2D eigenvalue weighted by atomic mass is 15.3. The van der Waals surface area contributed by atoms with E-state index in [1.54, 1.807) is 0 Å². The third-order valence-corrected chi connectivity index (χ3v) is 5.12. The summed E-state index contributed by atoms with van der Waals surface area (Å²) in [6.07, 6.45) is 8.90. The van der Waals surface area contributed by atoms with Crippen molar-refractivity contribution >= 4 is 5.96 Å². The number of aliphatic imine (C=N–C) groups is 1. The molecule has 0 heterocycles. The summed E-state index contributed by atoms with van der Waals surface area (Å²) in [6.45, 7) is 0.880. The van der Waals surface area contributed by atoms with Gasteiger partial charge in [-0.15, -0.1) is 0 Å². The lowest BCUT2D eigenvalue weighted by Gasteiger charge is -2.28. The molecule has 0 spiro atoms. The van der Waals surface area contributed by atoms with E-state index in [9.17, 15) is 0 Å². The Labute approximate surface area is 128 Å². The Kier molecular flexibility index (Phi) is 4.18. The Morgan fingerprint density at radius 1 is 1.24 bits per heavy atom. The monoisotopic (exact) mass is 285 g/mol. The zero-order valence-electron chi connectivity index (χ0n) is 13.1. The first-order valence-electron chi connectivity index (χ1n) is 8.25. The molecule has 2 fully saturated rings. The Morgan fingerprint density at radius 3 is 2.52 bits per heavy atom. The molecule has 2 aliphatic rings.